The molecule has 28 heavy (non-hydrogen) atoms. The van der Waals surface area contributed by atoms with Crippen molar-refractivity contribution in [2.45, 2.75) is 23.9 Å². The van der Waals surface area contributed by atoms with Crippen LogP contribution in [0.3, 0.4) is 0 Å². The van der Waals surface area contributed by atoms with E-state index in [1.165, 1.54) is 11.8 Å². The molecule has 1 aromatic heterocycles. The zero-order valence-corrected chi connectivity index (χ0v) is 16.3. The van der Waals surface area contributed by atoms with E-state index in [-0.39, 0.29) is 5.91 Å². The van der Waals surface area contributed by atoms with Crippen molar-refractivity contribution < 1.29 is 9.53 Å². The predicted octanol–water partition coefficient (Wildman–Crippen LogP) is 3.43. The van der Waals surface area contributed by atoms with Crippen molar-refractivity contribution in [1.82, 2.24) is 20.1 Å². The van der Waals surface area contributed by atoms with Gasteiger partial charge in [-0.2, -0.15) is 0 Å². The average molecular weight is 395 g/mol. The number of ether oxygens (including phenoxy) is 1. The summed E-state index contributed by atoms with van der Waals surface area (Å²) in [6.07, 6.45) is 2.30. The Morgan fingerprint density at radius 2 is 1.79 bits per heavy atom. The van der Waals surface area contributed by atoms with Crippen LogP contribution >= 0.6 is 11.8 Å². The molecular weight excluding hydrogens is 372 g/mol. The lowest BCUT2D eigenvalue weighted by Crippen LogP contribution is -2.29. The van der Waals surface area contributed by atoms with E-state index in [9.17, 15) is 4.79 Å². The van der Waals surface area contributed by atoms with E-state index < -0.39 is 0 Å². The number of nitrogens with one attached hydrogen (secondary N) is 1. The highest BCUT2D eigenvalue weighted by molar-refractivity contribution is 7.99. The highest BCUT2D eigenvalue weighted by atomic mass is 32.2. The van der Waals surface area contributed by atoms with Gasteiger partial charge in [-0.25, -0.2) is 0 Å². The number of amides is 1. The van der Waals surface area contributed by atoms with E-state index in [4.69, 9.17) is 4.74 Å². The van der Waals surface area contributed by atoms with Crippen LogP contribution in [0.15, 0.2) is 65.8 Å². The molecule has 1 amide bonds. The van der Waals surface area contributed by atoms with E-state index in [1.807, 2.05) is 60.7 Å². The Labute approximate surface area is 168 Å². The zero-order valence-electron chi connectivity index (χ0n) is 15.5. The Hall–Kier alpha value is -2.80. The highest BCUT2D eigenvalue weighted by Gasteiger charge is 2.31. The SMILES string of the molecule is O=C(CSc1nnc(C2CC2)n1-c1ccccc1)NCCOc1ccccc1. The summed E-state index contributed by atoms with van der Waals surface area (Å²) in [7, 11) is 0. The quantitative estimate of drug-likeness (QED) is 0.445. The molecular formula is C21H22N4O2S. The summed E-state index contributed by atoms with van der Waals surface area (Å²) in [5.41, 5.74) is 1.04. The van der Waals surface area contributed by atoms with Gasteiger partial charge in [-0.05, 0) is 37.1 Å². The van der Waals surface area contributed by atoms with Crippen molar-refractivity contribution in [3.05, 3.63) is 66.5 Å². The predicted molar refractivity (Wildman–Crippen MR) is 109 cm³/mol. The number of nitrogens with zero attached hydrogens (tertiary/aromatic N) is 3. The Bertz CT molecular complexity index is 911. The molecule has 4 rings (SSSR count). The third-order valence-electron chi connectivity index (χ3n) is 4.38. The Morgan fingerprint density at radius 3 is 2.50 bits per heavy atom. The molecule has 1 fully saturated rings. The highest BCUT2D eigenvalue weighted by Crippen LogP contribution is 2.41. The van der Waals surface area contributed by atoms with Gasteiger partial charge >= 0.3 is 0 Å². The third-order valence-corrected chi connectivity index (χ3v) is 5.31. The van der Waals surface area contributed by atoms with Gasteiger partial charge in [0.2, 0.25) is 5.91 Å². The third kappa shape index (κ3) is 4.72. The minimum absolute atomic E-state index is 0.0442. The second-order valence-corrected chi connectivity index (χ2v) is 7.53. The lowest BCUT2D eigenvalue weighted by atomic mass is 10.3. The maximum Gasteiger partial charge on any atom is 0.230 e. The van der Waals surface area contributed by atoms with Gasteiger partial charge in [0.05, 0.1) is 12.3 Å². The maximum absolute atomic E-state index is 12.2. The summed E-state index contributed by atoms with van der Waals surface area (Å²) in [5, 5.41) is 12.4. The van der Waals surface area contributed by atoms with Gasteiger partial charge in [0.25, 0.3) is 0 Å². The molecule has 1 aliphatic rings. The molecule has 0 unspecified atom stereocenters. The molecule has 3 aromatic rings. The number of hydrogen-bond donors (Lipinski definition) is 1. The fourth-order valence-electron chi connectivity index (χ4n) is 2.86. The topological polar surface area (TPSA) is 69.0 Å². The number of hydrogen-bond acceptors (Lipinski definition) is 5. The summed E-state index contributed by atoms with van der Waals surface area (Å²) < 4.78 is 7.66. The van der Waals surface area contributed by atoms with Crippen LogP contribution in [-0.2, 0) is 4.79 Å². The minimum atomic E-state index is -0.0442. The van der Waals surface area contributed by atoms with Crippen molar-refractivity contribution in [1.29, 1.82) is 0 Å². The number of thioether (sulfide) groups is 1. The zero-order chi connectivity index (χ0) is 19.2. The molecule has 1 saturated carbocycles. The van der Waals surface area contributed by atoms with Gasteiger partial charge in [0.15, 0.2) is 5.16 Å². The summed E-state index contributed by atoms with van der Waals surface area (Å²) in [5.74, 6) is 2.52. The average Bonchev–Trinajstić information content (AvgIpc) is 3.50. The monoisotopic (exact) mass is 394 g/mol. The summed E-state index contributed by atoms with van der Waals surface area (Å²) in [6, 6.07) is 19.6. The first-order valence-corrected chi connectivity index (χ1v) is 10.4. The van der Waals surface area contributed by atoms with E-state index in [2.05, 4.69) is 20.1 Å². The molecule has 0 radical (unpaired) electrons. The van der Waals surface area contributed by atoms with Crippen LogP contribution < -0.4 is 10.1 Å². The molecule has 0 aliphatic heterocycles. The number of rotatable bonds is 9. The van der Waals surface area contributed by atoms with Gasteiger partial charge in [-0.1, -0.05) is 48.2 Å². The van der Waals surface area contributed by atoms with Gasteiger partial charge in [0.1, 0.15) is 18.2 Å². The lowest BCUT2D eigenvalue weighted by molar-refractivity contribution is -0.118. The normalized spacial score (nSPS) is 13.3. The molecule has 144 valence electrons. The molecule has 0 spiro atoms. The van der Waals surface area contributed by atoms with Crippen LogP contribution in [0, 0.1) is 0 Å². The molecule has 1 heterocycles. The molecule has 0 bridgehead atoms. The smallest absolute Gasteiger partial charge is 0.230 e. The van der Waals surface area contributed by atoms with Crippen LogP contribution in [0.25, 0.3) is 5.69 Å². The first-order valence-electron chi connectivity index (χ1n) is 9.39. The Kier molecular flexibility index (Phi) is 5.92. The molecule has 0 saturated heterocycles. The lowest BCUT2D eigenvalue weighted by Gasteiger charge is -2.10. The Balaban J connectivity index is 1.30. The van der Waals surface area contributed by atoms with Gasteiger partial charge in [0, 0.05) is 11.6 Å². The fourth-order valence-corrected chi connectivity index (χ4v) is 3.65. The van der Waals surface area contributed by atoms with E-state index in [0.717, 1.165) is 35.3 Å². The number of carbonyl (C=O) groups excluding carboxylic acids is 1. The standard InChI is InChI=1S/C21H22N4O2S/c26-19(22-13-14-27-18-9-5-2-6-10-18)15-28-21-24-23-20(16-11-12-16)25(21)17-7-3-1-4-8-17/h1-10,16H,11-15H2,(H,22,26). The number of carbonyl (C=O) groups is 1. The molecule has 2 aromatic carbocycles. The second kappa shape index (κ2) is 8.93. The number of aromatic nitrogens is 3. The number of benzene rings is 2. The van der Waals surface area contributed by atoms with Crippen LogP contribution in [0.5, 0.6) is 5.75 Å². The van der Waals surface area contributed by atoms with Crippen LogP contribution in [0.2, 0.25) is 0 Å². The van der Waals surface area contributed by atoms with Gasteiger partial charge in [-0.15, -0.1) is 10.2 Å². The van der Waals surface area contributed by atoms with Crippen molar-refractivity contribution in [2.24, 2.45) is 0 Å². The number of para-hydroxylation sites is 2. The van der Waals surface area contributed by atoms with Gasteiger partial charge in [-0.3, -0.25) is 9.36 Å². The van der Waals surface area contributed by atoms with Crippen molar-refractivity contribution in [3.8, 4) is 11.4 Å². The van der Waals surface area contributed by atoms with Crippen molar-refractivity contribution in [3.63, 3.8) is 0 Å². The van der Waals surface area contributed by atoms with Gasteiger partial charge < -0.3 is 10.1 Å². The van der Waals surface area contributed by atoms with Crippen molar-refractivity contribution in [2.75, 3.05) is 18.9 Å². The summed E-state index contributed by atoms with van der Waals surface area (Å²) in [6.45, 7) is 0.902. The fraction of sp³-hybridized carbons (Fsp3) is 0.286. The first kappa shape index (κ1) is 18.6. The largest absolute Gasteiger partial charge is 0.492 e. The second-order valence-electron chi connectivity index (χ2n) is 6.59. The summed E-state index contributed by atoms with van der Waals surface area (Å²) in [4.78, 5) is 12.2. The van der Waals surface area contributed by atoms with Crippen LogP contribution in [0.4, 0.5) is 0 Å². The minimum Gasteiger partial charge on any atom is -0.492 e. The van der Waals surface area contributed by atoms with E-state index in [1.54, 1.807) is 0 Å². The molecule has 1 aliphatic carbocycles. The van der Waals surface area contributed by atoms with E-state index in [0.29, 0.717) is 24.8 Å². The molecule has 0 atom stereocenters. The van der Waals surface area contributed by atoms with Crippen LogP contribution in [0.1, 0.15) is 24.6 Å². The van der Waals surface area contributed by atoms with E-state index >= 15 is 0 Å². The molecule has 6 nitrogen and oxygen atoms in total. The molecule has 1 N–H and O–H groups in total. The van der Waals surface area contributed by atoms with Crippen molar-refractivity contribution >= 4 is 17.7 Å². The summed E-state index contributed by atoms with van der Waals surface area (Å²) >= 11 is 1.41. The van der Waals surface area contributed by atoms with Crippen LogP contribution in [-0.4, -0.2) is 39.6 Å². The molecule has 7 heteroatoms. The first-order chi connectivity index (χ1) is 13.8. The maximum atomic E-state index is 12.2. The Morgan fingerprint density at radius 1 is 1.07 bits per heavy atom.